The number of hydrogen-bond donors (Lipinski definition) is 0. The predicted molar refractivity (Wildman–Crippen MR) is 49.6 cm³/mol. The molecule has 0 unspecified atom stereocenters. The number of rotatable bonds is 2. The Morgan fingerprint density at radius 2 is 2.36 bits per heavy atom. The van der Waals surface area contributed by atoms with Gasteiger partial charge in [0.25, 0.3) is 0 Å². The van der Waals surface area contributed by atoms with Gasteiger partial charge in [-0.1, -0.05) is 22.0 Å². The summed E-state index contributed by atoms with van der Waals surface area (Å²) in [5, 5.41) is 0.850. The number of allylic oxidation sites excluding steroid dienone is 1. The van der Waals surface area contributed by atoms with Gasteiger partial charge in [0.05, 0.1) is 17.6 Å². The van der Waals surface area contributed by atoms with Crippen LogP contribution in [0.4, 0.5) is 0 Å². The van der Waals surface area contributed by atoms with Gasteiger partial charge in [-0.05, 0) is 13.0 Å². The van der Waals surface area contributed by atoms with Gasteiger partial charge in [0, 0.05) is 11.5 Å². The fraction of sp³-hybridized carbons (Fsp3) is 0.250. The topological polar surface area (TPSA) is 25.8 Å². The molecular weight excluding hydrogens is 204 g/mol. The van der Waals surface area contributed by atoms with Crippen molar-refractivity contribution in [1.82, 2.24) is 9.97 Å². The first-order valence-electron chi connectivity index (χ1n) is 3.34. The maximum Gasteiger partial charge on any atom is 0.0813 e. The fourth-order valence-electron chi connectivity index (χ4n) is 0.728. The van der Waals surface area contributed by atoms with E-state index in [0.29, 0.717) is 0 Å². The monoisotopic (exact) mass is 212 g/mol. The van der Waals surface area contributed by atoms with Crippen molar-refractivity contribution in [3.63, 3.8) is 0 Å². The summed E-state index contributed by atoms with van der Waals surface area (Å²) in [5.74, 6) is 0. The molecule has 0 aromatic carbocycles. The van der Waals surface area contributed by atoms with E-state index < -0.39 is 0 Å². The molecule has 58 valence electrons. The van der Waals surface area contributed by atoms with Crippen molar-refractivity contribution in [2.24, 2.45) is 0 Å². The van der Waals surface area contributed by atoms with Gasteiger partial charge in [-0.2, -0.15) is 0 Å². The zero-order chi connectivity index (χ0) is 8.10. The van der Waals surface area contributed by atoms with Gasteiger partial charge in [-0.25, -0.2) is 0 Å². The molecular formula is C8H9BrN2. The molecule has 0 fully saturated rings. The molecule has 0 aliphatic carbocycles. The van der Waals surface area contributed by atoms with Crippen molar-refractivity contribution in [3.8, 4) is 0 Å². The van der Waals surface area contributed by atoms with E-state index in [0.717, 1.165) is 16.7 Å². The van der Waals surface area contributed by atoms with Gasteiger partial charge < -0.3 is 0 Å². The van der Waals surface area contributed by atoms with Gasteiger partial charge in [-0.15, -0.1) is 0 Å². The lowest BCUT2D eigenvalue weighted by Crippen LogP contribution is -1.86. The molecule has 0 spiro atoms. The minimum Gasteiger partial charge on any atom is -0.261 e. The van der Waals surface area contributed by atoms with Crippen LogP contribution in [0.2, 0.25) is 0 Å². The highest BCUT2D eigenvalue weighted by atomic mass is 79.9. The van der Waals surface area contributed by atoms with Gasteiger partial charge >= 0.3 is 0 Å². The summed E-state index contributed by atoms with van der Waals surface area (Å²) in [5.41, 5.74) is 1.85. The van der Waals surface area contributed by atoms with Crippen LogP contribution in [-0.4, -0.2) is 15.3 Å². The molecule has 1 aromatic rings. The van der Waals surface area contributed by atoms with E-state index in [2.05, 4.69) is 25.9 Å². The van der Waals surface area contributed by atoms with Crippen molar-refractivity contribution in [2.75, 3.05) is 5.33 Å². The summed E-state index contributed by atoms with van der Waals surface area (Å²) >= 11 is 3.29. The molecule has 0 aliphatic heterocycles. The van der Waals surface area contributed by atoms with Crippen molar-refractivity contribution in [3.05, 3.63) is 29.9 Å². The van der Waals surface area contributed by atoms with Crippen LogP contribution in [0.25, 0.3) is 6.08 Å². The number of nitrogens with zero attached hydrogens (tertiary/aromatic N) is 2. The highest BCUT2D eigenvalue weighted by Crippen LogP contribution is 1.97. The van der Waals surface area contributed by atoms with Crippen LogP contribution in [0.15, 0.2) is 18.5 Å². The lowest BCUT2D eigenvalue weighted by molar-refractivity contribution is 1.10. The molecule has 11 heavy (non-hydrogen) atoms. The Labute approximate surface area is 74.5 Å². The number of hydrogen-bond acceptors (Lipinski definition) is 2. The Morgan fingerprint density at radius 3 is 3.00 bits per heavy atom. The number of aryl methyl sites for hydroxylation is 1. The Kier molecular flexibility index (Phi) is 3.23. The van der Waals surface area contributed by atoms with E-state index in [1.165, 1.54) is 0 Å². The van der Waals surface area contributed by atoms with E-state index in [1.54, 1.807) is 12.4 Å². The zero-order valence-corrected chi connectivity index (χ0v) is 7.87. The smallest absolute Gasteiger partial charge is 0.0813 e. The van der Waals surface area contributed by atoms with Crippen molar-refractivity contribution in [2.45, 2.75) is 6.92 Å². The molecule has 0 amide bonds. The summed E-state index contributed by atoms with van der Waals surface area (Å²) in [7, 11) is 0. The summed E-state index contributed by atoms with van der Waals surface area (Å²) in [4.78, 5) is 8.25. The minimum atomic E-state index is 0.850. The van der Waals surface area contributed by atoms with Crippen LogP contribution in [0.3, 0.4) is 0 Å². The predicted octanol–water partition coefficient (Wildman–Crippen LogP) is 2.19. The van der Waals surface area contributed by atoms with Crippen molar-refractivity contribution < 1.29 is 0 Å². The molecule has 3 heteroatoms. The number of aromatic nitrogens is 2. The molecule has 0 aliphatic rings. The van der Waals surface area contributed by atoms with Crippen LogP contribution in [-0.2, 0) is 0 Å². The summed E-state index contributed by atoms with van der Waals surface area (Å²) in [6.45, 7) is 1.93. The molecule has 0 saturated carbocycles. The van der Waals surface area contributed by atoms with E-state index in [-0.39, 0.29) is 0 Å². The average Bonchev–Trinajstić information content (AvgIpc) is 2.01. The average molecular weight is 213 g/mol. The van der Waals surface area contributed by atoms with E-state index in [1.807, 2.05) is 19.1 Å². The van der Waals surface area contributed by atoms with Crippen molar-refractivity contribution in [1.29, 1.82) is 0 Å². The van der Waals surface area contributed by atoms with Gasteiger partial charge in [0.2, 0.25) is 0 Å². The van der Waals surface area contributed by atoms with E-state index in [9.17, 15) is 0 Å². The van der Waals surface area contributed by atoms with Crippen LogP contribution < -0.4 is 0 Å². The lowest BCUT2D eigenvalue weighted by atomic mass is 10.4. The number of alkyl halides is 1. The zero-order valence-electron chi connectivity index (χ0n) is 6.29. The fourth-order valence-corrected chi connectivity index (χ4v) is 0.915. The van der Waals surface area contributed by atoms with Crippen LogP contribution in [0.1, 0.15) is 11.4 Å². The molecule has 2 nitrogen and oxygen atoms in total. The Bertz CT molecular complexity index is 258. The van der Waals surface area contributed by atoms with Crippen molar-refractivity contribution >= 4 is 22.0 Å². The van der Waals surface area contributed by atoms with Gasteiger partial charge in [0.1, 0.15) is 0 Å². The number of halogens is 1. The standard InChI is InChI=1S/C8H9BrN2/c1-7-5-10-6-8(11-7)3-2-4-9/h2-3,5-6H,4H2,1H3. The van der Waals surface area contributed by atoms with Crippen LogP contribution in [0, 0.1) is 6.92 Å². The first kappa shape index (κ1) is 8.40. The molecule has 0 N–H and O–H groups in total. The summed E-state index contributed by atoms with van der Waals surface area (Å²) in [6, 6.07) is 0. The van der Waals surface area contributed by atoms with E-state index in [4.69, 9.17) is 0 Å². The normalized spacial score (nSPS) is 10.7. The second kappa shape index (κ2) is 4.23. The molecule has 1 heterocycles. The largest absolute Gasteiger partial charge is 0.261 e. The molecule has 1 rings (SSSR count). The Balaban J connectivity index is 2.79. The van der Waals surface area contributed by atoms with Crippen LogP contribution in [0.5, 0.6) is 0 Å². The molecule has 0 atom stereocenters. The highest BCUT2D eigenvalue weighted by Gasteiger charge is 1.87. The molecule has 0 radical (unpaired) electrons. The quantitative estimate of drug-likeness (QED) is 0.703. The highest BCUT2D eigenvalue weighted by molar-refractivity contribution is 9.09. The third kappa shape index (κ3) is 2.80. The lowest BCUT2D eigenvalue weighted by Gasteiger charge is -1.92. The third-order valence-corrected chi connectivity index (χ3v) is 1.53. The SMILES string of the molecule is Cc1cncc(C=CCBr)n1. The minimum absolute atomic E-state index is 0.850. The van der Waals surface area contributed by atoms with Crippen LogP contribution >= 0.6 is 15.9 Å². The van der Waals surface area contributed by atoms with Gasteiger partial charge in [0.15, 0.2) is 0 Å². The first-order chi connectivity index (χ1) is 5.33. The first-order valence-corrected chi connectivity index (χ1v) is 4.46. The van der Waals surface area contributed by atoms with Gasteiger partial charge in [-0.3, -0.25) is 9.97 Å². The maximum atomic E-state index is 4.24. The molecule has 0 saturated heterocycles. The molecule has 0 bridgehead atoms. The summed E-state index contributed by atoms with van der Waals surface area (Å²) in [6.07, 6.45) is 7.41. The molecule has 1 aromatic heterocycles. The Hall–Kier alpha value is -0.700. The second-order valence-corrected chi connectivity index (χ2v) is 2.79. The third-order valence-electron chi connectivity index (χ3n) is 1.15. The maximum absolute atomic E-state index is 4.24. The Morgan fingerprint density at radius 1 is 1.55 bits per heavy atom. The second-order valence-electron chi connectivity index (χ2n) is 2.14. The summed E-state index contributed by atoms with van der Waals surface area (Å²) < 4.78 is 0. The van der Waals surface area contributed by atoms with E-state index >= 15 is 0 Å².